The molecule has 0 amide bonds. The molecule has 0 atom stereocenters. The fraction of sp³-hybridized carbons (Fsp3) is 1.00. The quantitative estimate of drug-likeness (QED) is 0.708. The zero-order chi connectivity index (χ0) is 11.9. The zero-order valence-corrected chi connectivity index (χ0v) is 10.6. The third kappa shape index (κ3) is 3.17. The molecule has 1 N–H and O–H groups in total. The Labute approximate surface area is 91.7 Å². The molecule has 0 saturated carbocycles. The molecule has 0 unspecified atom stereocenters. The number of hydrogen-bond acceptors (Lipinski definition) is 4. The fourth-order valence-electron chi connectivity index (χ4n) is 1.27. The molecule has 0 aromatic rings. The number of nitrogens with one attached hydrogen (secondary N) is 1. The first-order valence-corrected chi connectivity index (χ1v) is 6.73. The van der Waals surface area contributed by atoms with Gasteiger partial charge >= 0.3 is 7.12 Å². The summed E-state index contributed by atoms with van der Waals surface area (Å²) in [6.45, 7) is 7.70. The molecule has 1 heterocycles. The van der Waals surface area contributed by atoms with Crippen LogP contribution in [-0.2, 0) is 19.3 Å². The van der Waals surface area contributed by atoms with Gasteiger partial charge in [-0.05, 0) is 27.7 Å². The highest BCUT2D eigenvalue weighted by Crippen LogP contribution is 2.36. The van der Waals surface area contributed by atoms with Gasteiger partial charge in [0.25, 0.3) is 0 Å². The van der Waals surface area contributed by atoms with E-state index in [1.165, 1.54) is 0 Å². The van der Waals surface area contributed by atoms with E-state index < -0.39 is 28.3 Å². The molecule has 1 rings (SSSR count). The Bertz CT molecular complexity index is 323. The maximum Gasteiger partial charge on any atom is 0.473 e. The van der Waals surface area contributed by atoms with Crippen molar-refractivity contribution in [3.8, 4) is 0 Å². The number of rotatable bonds is 3. The molecule has 0 aromatic carbocycles. The summed E-state index contributed by atoms with van der Waals surface area (Å²) in [6, 6.07) is 0. The highest BCUT2D eigenvalue weighted by Gasteiger charge is 2.50. The Morgan fingerprint density at radius 1 is 1.13 bits per heavy atom. The summed E-state index contributed by atoms with van der Waals surface area (Å²) in [5.74, 6) is 0. The summed E-state index contributed by atoms with van der Waals surface area (Å²) in [4.78, 5) is 0. The first-order valence-electron chi connectivity index (χ1n) is 4.84. The Kier molecular flexibility index (Phi) is 3.22. The van der Waals surface area contributed by atoms with Gasteiger partial charge in [-0.3, -0.25) is 0 Å². The maximum atomic E-state index is 10.9. The van der Waals surface area contributed by atoms with Crippen LogP contribution in [0.4, 0.5) is 0 Å². The first kappa shape index (κ1) is 13.0. The van der Waals surface area contributed by atoms with Crippen molar-refractivity contribution in [3.05, 3.63) is 0 Å². The van der Waals surface area contributed by atoms with Gasteiger partial charge in [-0.2, -0.15) is 0 Å². The predicted octanol–water partition coefficient (Wildman–Crippen LogP) is 0.167. The largest absolute Gasteiger partial charge is 0.473 e. The predicted molar refractivity (Wildman–Crippen MR) is 58.9 cm³/mol. The van der Waals surface area contributed by atoms with Gasteiger partial charge in [0.2, 0.25) is 10.0 Å². The van der Waals surface area contributed by atoms with Gasteiger partial charge in [0, 0.05) is 6.44 Å². The minimum atomic E-state index is -3.20. The van der Waals surface area contributed by atoms with E-state index in [4.69, 9.17) is 9.31 Å². The summed E-state index contributed by atoms with van der Waals surface area (Å²) in [7, 11) is -3.72. The highest BCUT2D eigenvalue weighted by atomic mass is 32.2. The summed E-state index contributed by atoms with van der Waals surface area (Å²) >= 11 is 0. The van der Waals surface area contributed by atoms with Crippen LogP contribution in [0, 0.1) is 0 Å². The van der Waals surface area contributed by atoms with Gasteiger partial charge < -0.3 is 9.31 Å². The molecule has 7 heteroatoms. The van der Waals surface area contributed by atoms with E-state index >= 15 is 0 Å². The van der Waals surface area contributed by atoms with Crippen molar-refractivity contribution in [3.63, 3.8) is 0 Å². The highest BCUT2D eigenvalue weighted by molar-refractivity contribution is 7.88. The van der Waals surface area contributed by atoms with Crippen LogP contribution in [0.5, 0.6) is 0 Å². The molecule has 5 nitrogen and oxygen atoms in total. The van der Waals surface area contributed by atoms with Crippen molar-refractivity contribution in [2.75, 3.05) is 12.7 Å². The second-order valence-electron chi connectivity index (χ2n) is 4.81. The van der Waals surface area contributed by atoms with Gasteiger partial charge in [0.05, 0.1) is 17.5 Å². The molecular weight excluding hydrogens is 217 g/mol. The molecule has 1 saturated heterocycles. The van der Waals surface area contributed by atoms with Gasteiger partial charge in [0.15, 0.2) is 0 Å². The molecule has 88 valence electrons. The van der Waals surface area contributed by atoms with Gasteiger partial charge in [-0.15, -0.1) is 0 Å². The fourth-order valence-corrected chi connectivity index (χ4v) is 1.71. The molecule has 1 aliphatic heterocycles. The minimum Gasteiger partial charge on any atom is -0.402 e. The maximum absolute atomic E-state index is 10.9. The van der Waals surface area contributed by atoms with E-state index in [9.17, 15) is 8.42 Å². The summed E-state index contributed by atoms with van der Waals surface area (Å²) in [6.07, 6.45) is 1.25. The monoisotopic (exact) mass is 235 g/mol. The van der Waals surface area contributed by atoms with Crippen LogP contribution < -0.4 is 4.72 Å². The molecule has 0 bridgehead atoms. The van der Waals surface area contributed by atoms with E-state index in [2.05, 4.69) is 4.72 Å². The van der Waals surface area contributed by atoms with Crippen LogP contribution in [0.15, 0.2) is 0 Å². The second kappa shape index (κ2) is 3.73. The average Bonchev–Trinajstić information content (AvgIpc) is 2.16. The second-order valence-corrected chi connectivity index (χ2v) is 6.64. The van der Waals surface area contributed by atoms with Gasteiger partial charge in [0.1, 0.15) is 0 Å². The Balaban J connectivity index is 2.57. The van der Waals surface area contributed by atoms with E-state index in [0.29, 0.717) is 0 Å². The normalized spacial score (nSPS) is 24.5. The lowest BCUT2D eigenvalue weighted by molar-refractivity contribution is 0.00578. The van der Waals surface area contributed by atoms with Crippen molar-refractivity contribution in [1.29, 1.82) is 0 Å². The van der Waals surface area contributed by atoms with Crippen molar-refractivity contribution >= 4 is 17.1 Å². The van der Waals surface area contributed by atoms with Crippen LogP contribution in [0.1, 0.15) is 27.7 Å². The lowest BCUT2D eigenvalue weighted by Crippen LogP contribution is -2.41. The van der Waals surface area contributed by atoms with Crippen molar-refractivity contribution in [2.24, 2.45) is 0 Å². The number of sulfonamides is 1. The summed E-state index contributed by atoms with van der Waals surface area (Å²) in [5, 5.41) is 0. The third-order valence-corrected chi connectivity index (χ3v) is 3.51. The smallest absolute Gasteiger partial charge is 0.402 e. The van der Waals surface area contributed by atoms with Gasteiger partial charge in [-0.25, -0.2) is 13.1 Å². The molecule has 0 aliphatic carbocycles. The zero-order valence-electron chi connectivity index (χ0n) is 9.83. The molecule has 0 spiro atoms. The Morgan fingerprint density at radius 2 is 1.53 bits per heavy atom. The molecule has 15 heavy (non-hydrogen) atoms. The van der Waals surface area contributed by atoms with Crippen molar-refractivity contribution in [2.45, 2.75) is 38.9 Å². The van der Waals surface area contributed by atoms with E-state index in [1.807, 2.05) is 27.7 Å². The van der Waals surface area contributed by atoms with Crippen LogP contribution in [0.2, 0.25) is 0 Å². The third-order valence-electron chi connectivity index (χ3n) is 2.81. The van der Waals surface area contributed by atoms with Crippen LogP contribution in [0.25, 0.3) is 0 Å². The molecule has 1 aliphatic rings. The summed E-state index contributed by atoms with van der Waals surface area (Å²) in [5.41, 5.74) is -0.840. The standard InChI is InChI=1S/C8H18BNO4S/c1-7(2)8(3,4)14-9(13-7)6-10-15(5,11)12/h10H,6H2,1-5H3. The van der Waals surface area contributed by atoms with Crippen LogP contribution in [-0.4, -0.2) is 39.4 Å². The molecule has 1 fully saturated rings. The summed E-state index contributed by atoms with van der Waals surface area (Å²) < 4.78 is 35.4. The Hall–Kier alpha value is -0.105. The lowest BCUT2D eigenvalue weighted by Gasteiger charge is -2.32. The lowest BCUT2D eigenvalue weighted by atomic mass is 9.90. The molecule has 0 radical (unpaired) electrons. The topological polar surface area (TPSA) is 64.6 Å². The minimum absolute atomic E-state index is 0.145. The van der Waals surface area contributed by atoms with E-state index in [0.717, 1.165) is 6.26 Å². The number of hydrogen-bond donors (Lipinski definition) is 1. The molecular formula is C8H18BNO4S. The van der Waals surface area contributed by atoms with Crippen LogP contribution >= 0.6 is 0 Å². The van der Waals surface area contributed by atoms with Crippen molar-refractivity contribution < 1.29 is 17.7 Å². The van der Waals surface area contributed by atoms with Gasteiger partial charge in [-0.1, -0.05) is 0 Å². The van der Waals surface area contributed by atoms with Crippen LogP contribution in [0.3, 0.4) is 0 Å². The SMILES string of the molecule is CC1(C)OB(CNS(C)(=O)=O)OC1(C)C. The van der Waals surface area contributed by atoms with E-state index in [-0.39, 0.29) is 6.44 Å². The van der Waals surface area contributed by atoms with E-state index in [1.54, 1.807) is 0 Å². The first-order chi connectivity index (χ1) is 6.54. The Morgan fingerprint density at radius 3 is 1.87 bits per heavy atom. The average molecular weight is 235 g/mol. The molecule has 0 aromatic heterocycles. The van der Waals surface area contributed by atoms with Crippen molar-refractivity contribution in [1.82, 2.24) is 4.72 Å².